The van der Waals surface area contributed by atoms with E-state index < -0.39 is 0 Å². The molecule has 0 spiro atoms. The zero-order chi connectivity index (χ0) is 19.2. The monoisotopic (exact) mass is 360 g/mol. The highest BCUT2D eigenvalue weighted by Gasteiger charge is 2.33. The fourth-order valence-electron chi connectivity index (χ4n) is 3.94. The Morgan fingerprint density at radius 2 is 1.78 bits per heavy atom. The predicted octanol–water partition coefficient (Wildman–Crippen LogP) is 6.44. The fraction of sp³-hybridized carbons (Fsp3) is 0.320. The Balaban J connectivity index is 1.87. The highest BCUT2D eigenvalue weighted by molar-refractivity contribution is 6.01. The van der Waals surface area contributed by atoms with Gasteiger partial charge in [0.05, 0.1) is 5.56 Å². The van der Waals surface area contributed by atoms with Crippen molar-refractivity contribution in [2.75, 3.05) is 0 Å². The van der Waals surface area contributed by atoms with Gasteiger partial charge in [0.1, 0.15) is 5.75 Å². The third kappa shape index (κ3) is 4.77. The summed E-state index contributed by atoms with van der Waals surface area (Å²) in [6, 6.07) is 17.2. The molecular formula is C25H28O2. The van der Waals surface area contributed by atoms with Crippen LogP contribution in [0.3, 0.4) is 0 Å². The van der Waals surface area contributed by atoms with Gasteiger partial charge < -0.3 is 5.11 Å². The highest BCUT2D eigenvalue weighted by atomic mass is 16.3. The summed E-state index contributed by atoms with van der Waals surface area (Å²) in [4.78, 5) is 13.2. The van der Waals surface area contributed by atoms with Crippen molar-refractivity contribution in [2.45, 2.75) is 45.4 Å². The van der Waals surface area contributed by atoms with E-state index in [0.717, 1.165) is 25.7 Å². The van der Waals surface area contributed by atoms with Crippen LogP contribution in [0.5, 0.6) is 5.75 Å². The van der Waals surface area contributed by atoms with E-state index in [2.05, 4.69) is 38.1 Å². The van der Waals surface area contributed by atoms with Gasteiger partial charge in [0, 0.05) is 5.92 Å². The summed E-state index contributed by atoms with van der Waals surface area (Å²) >= 11 is 0. The highest BCUT2D eigenvalue weighted by Crippen LogP contribution is 2.41. The van der Waals surface area contributed by atoms with Crippen molar-refractivity contribution >= 4 is 5.78 Å². The summed E-state index contributed by atoms with van der Waals surface area (Å²) in [6.07, 6.45) is 8.26. The molecule has 2 atom stereocenters. The third-order valence-electron chi connectivity index (χ3n) is 5.38. The number of phenols is 1. The van der Waals surface area contributed by atoms with Crippen molar-refractivity contribution in [3.8, 4) is 5.75 Å². The van der Waals surface area contributed by atoms with E-state index in [1.165, 1.54) is 16.7 Å². The molecule has 0 saturated heterocycles. The molecule has 0 aromatic heterocycles. The number of Topliss-reactive ketones (excluding diaryl/α,β-unsaturated/α-hetero) is 1. The average molecular weight is 360 g/mol. The molecule has 140 valence electrons. The van der Waals surface area contributed by atoms with Gasteiger partial charge in [-0.2, -0.15) is 0 Å². The predicted molar refractivity (Wildman–Crippen MR) is 111 cm³/mol. The van der Waals surface area contributed by atoms with E-state index in [1.807, 2.05) is 24.3 Å². The van der Waals surface area contributed by atoms with E-state index in [-0.39, 0.29) is 23.4 Å². The zero-order valence-electron chi connectivity index (χ0n) is 16.2. The number of rotatable bonds is 6. The molecule has 0 bridgehead atoms. The molecule has 2 heteroatoms. The first-order chi connectivity index (χ1) is 13.1. The van der Waals surface area contributed by atoms with E-state index in [1.54, 1.807) is 18.2 Å². The maximum atomic E-state index is 13.2. The number of hydrogen-bond acceptors (Lipinski definition) is 2. The van der Waals surface area contributed by atoms with Gasteiger partial charge >= 0.3 is 0 Å². The van der Waals surface area contributed by atoms with Gasteiger partial charge in [-0.25, -0.2) is 0 Å². The standard InChI is InChI=1S/C25H28O2/c1-18(2)9-8-10-19-15-16-21(23(17-19)20-11-4-3-5-12-20)25(27)22-13-6-7-14-24(22)26/h3-7,9,11-15,21,23,26H,8,10,16-17H2,1-2H3/t21-,23+/m1/s1. The largest absolute Gasteiger partial charge is 0.507 e. The number of carbonyl (C=O) groups excluding carboxylic acids is 1. The van der Waals surface area contributed by atoms with Crippen LogP contribution in [0.15, 0.2) is 77.9 Å². The third-order valence-corrected chi connectivity index (χ3v) is 5.38. The number of carbonyl (C=O) groups is 1. The second-order valence-corrected chi connectivity index (χ2v) is 7.63. The number of phenolic OH excluding ortho intramolecular Hbond substituents is 1. The van der Waals surface area contributed by atoms with Gasteiger partial charge in [0.25, 0.3) is 0 Å². The van der Waals surface area contributed by atoms with Crippen LogP contribution < -0.4 is 0 Å². The molecule has 0 saturated carbocycles. The van der Waals surface area contributed by atoms with Crippen LogP contribution in [0, 0.1) is 5.92 Å². The molecule has 2 aromatic carbocycles. The Morgan fingerprint density at radius 1 is 1.07 bits per heavy atom. The summed E-state index contributed by atoms with van der Waals surface area (Å²) in [5, 5.41) is 10.1. The molecule has 2 nitrogen and oxygen atoms in total. The van der Waals surface area contributed by atoms with Crippen molar-refractivity contribution in [2.24, 2.45) is 5.92 Å². The SMILES string of the molecule is CC(C)=CCCC1=CC[C@@H](C(=O)c2ccccc2O)[C@H](c2ccccc2)C1. The lowest BCUT2D eigenvalue weighted by Gasteiger charge is -2.31. The van der Waals surface area contributed by atoms with Gasteiger partial charge in [-0.1, -0.05) is 65.8 Å². The van der Waals surface area contributed by atoms with Crippen LogP contribution in [0.1, 0.15) is 61.4 Å². The van der Waals surface area contributed by atoms with Crippen molar-refractivity contribution in [3.63, 3.8) is 0 Å². The van der Waals surface area contributed by atoms with Gasteiger partial charge in [0.2, 0.25) is 0 Å². The molecular weight excluding hydrogens is 332 g/mol. The first kappa shape index (κ1) is 19.2. The number of ketones is 1. The van der Waals surface area contributed by atoms with Crippen molar-refractivity contribution in [3.05, 3.63) is 89.0 Å². The lowest BCUT2D eigenvalue weighted by Crippen LogP contribution is -2.25. The van der Waals surface area contributed by atoms with E-state index in [9.17, 15) is 9.90 Å². The maximum Gasteiger partial charge on any atom is 0.170 e. The molecule has 0 radical (unpaired) electrons. The van der Waals surface area contributed by atoms with Gasteiger partial charge in [-0.3, -0.25) is 4.79 Å². The maximum absolute atomic E-state index is 13.2. The van der Waals surface area contributed by atoms with Crippen LogP contribution in [0.25, 0.3) is 0 Å². The zero-order valence-corrected chi connectivity index (χ0v) is 16.2. The fourth-order valence-corrected chi connectivity index (χ4v) is 3.94. The summed E-state index contributed by atoms with van der Waals surface area (Å²) in [7, 11) is 0. The summed E-state index contributed by atoms with van der Waals surface area (Å²) in [5.74, 6) is 0.145. The minimum atomic E-state index is -0.132. The summed E-state index contributed by atoms with van der Waals surface area (Å²) in [6.45, 7) is 4.26. The minimum Gasteiger partial charge on any atom is -0.507 e. The molecule has 27 heavy (non-hydrogen) atoms. The Bertz CT molecular complexity index is 842. The Morgan fingerprint density at radius 3 is 2.48 bits per heavy atom. The Hall–Kier alpha value is -2.61. The molecule has 0 unspecified atom stereocenters. The summed E-state index contributed by atoms with van der Waals surface area (Å²) < 4.78 is 0. The molecule has 2 aromatic rings. The molecule has 1 N–H and O–H groups in total. The number of aromatic hydroxyl groups is 1. The van der Waals surface area contributed by atoms with E-state index >= 15 is 0 Å². The first-order valence-corrected chi connectivity index (χ1v) is 9.74. The van der Waals surface area contributed by atoms with Gasteiger partial charge in [-0.05, 0) is 63.1 Å². The molecule has 0 fully saturated rings. The number of hydrogen-bond donors (Lipinski definition) is 1. The average Bonchev–Trinajstić information content (AvgIpc) is 2.68. The second kappa shape index (κ2) is 8.85. The normalized spacial score (nSPS) is 19.3. The van der Waals surface area contributed by atoms with E-state index in [4.69, 9.17) is 0 Å². The molecule has 0 heterocycles. The van der Waals surface area contributed by atoms with Crippen LogP contribution in [0.4, 0.5) is 0 Å². The van der Waals surface area contributed by atoms with Crippen molar-refractivity contribution < 1.29 is 9.90 Å². The van der Waals surface area contributed by atoms with Crippen LogP contribution >= 0.6 is 0 Å². The van der Waals surface area contributed by atoms with Gasteiger partial charge in [-0.15, -0.1) is 0 Å². The molecule has 1 aliphatic carbocycles. The molecule has 0 amide bonds. The lowest BCUT2D eigenvalue weighted by atomic mass is 9.72. The number of para-hydroxylation sites is 1. The lowest BCUT2D eigenvalue weighted by molar-refractivity contribution is 0.0892. The molecule has 1 aliphatic rings. The Labute approximate surface area is 162 Å². The number of benzene rings is 2. The minimum absolute atomic E-state index is 0.0431. The van der Waals surface area contributed by atoms with Crippen molar-refractivity contribution in [1.82, 2.24) is 0 Å². The second-order valence-electron chi connectivity index (χ2n) is 7.63. The van der Waals surface area contributed by atoms with Crippen LogP contribution in [0.2, 0.25) is 0 Å². The van der Waals surface area contributed by atoms with E-state index in [0.29, 0.717) is 5.56 Å². The molecule has 0 aliphatic heterocycles. The Kier molecular flexibility index (Phi) is 6.28. The van der Waals surface area contributed by atoms with Crippen molar-refractivity contribution in [1.29, 1.82) is 0 Å². The quantitative estimate of drug-likeness (QED) is 0.475. The van der Waals surface area contributed by atoms with Gasteiger partial charge in [0.15, 0.2) is 5.78 Å². The smallest absolute Gasteiger partial charge is 0.170 e. The van der Waals surface area contributed by atoms with Crippen LogP contribution in [-0.4, -0.2) is 10.9 Å². The van der Waals surface area contributed by atoms with Crippen LogP contribution in [-0.2, 0) is 0 Å². The molecule has 3 rings (SSSR count). The topological polar surface area (TPSA) is 37.3 Å². The number of allylic oxidation sites excluding steroid dienone is 4. The summed E-state index contributed by atoms with van der Waals surface area (Å²) in [5.41, 5.74) is 4.42. The first-order valence-electron chi connectivity index (χ1n) is 9.74.